The van der Waals surface area contributed by atoms with Crippen LogP contribution in [0.3, 0.4) is 0 Å². The lowest BCUT2D eigenvalue weighted by molar-refractivity contribution is -0.115. The van der Waals surface area contributed by atoms with Crippen molar-refractivity contribution in [3.8, 4) is 5.75 Å². The van der Waals surface area contributed by atoms with Crippen molar-refractivity contribution in [2.45, 2.75) is 25.2 Å². The summed E-state index contributed by atoms with van der Waals surface area (Å²) in [4.78, 5) is 12.5. The number of amides is 1. The van der Waals surface area contributed by atoms with Crippen molar-refractivity contribution in [3.05, 3.63) is 51.5 Å². The summed E-state index contributed by atoms with van der Waals surface area (Å²) in [5.41, 5.74) is 2.73. The van der Waals surface area contributed by atoms with Crippen molar-refractivity contribution in [2.24, 2.45) is 0 Å². The summed E-state index contributed by atoms with van der Waals surface area (Å²) in [7, 11) is -1.44. The molecule has 1 unspecified atom stereocenters. The molecule has 0 saturated heterocycles. The molecule has 0 fully saturated rings. The van der Waals surface area contributed by atoms with Gasteiger partial charge in [0.05, 0.1) is 20.8 Å². The van der Waals surface area contributed by atoms with Gasteiger partial charge in [-0.3, -0.25) is 9.00 Å². The van der Waals surface area contributed by atoms with Gasteiger partial charge in [0.25, 0.3) is 0 Å². The first-order chi connectivity index (χ1) is 11.3. The minimum Gasteiger partial charge on any atom is -0.505 e. The molecule has 1 amide bonds. The van der Waals surface area contributed by atoms with E-state index in [2.05, 4.69) is 5.32 Å². The number of phenolic OH excluding ortho intramolecular Hbond substituents is 1. The molecule has 128 valence electrons. The number of aromatic hydroxyl groups is 1. The van der Waals surface area contributed by atoms with Crippen LogP contribution in [0.25, 0.3) is 0 Å². The van der Waals surface area contributed by atoms with Crippen LogP contribution in [-0.2, 0) is 15.6 Å². The largest absolute Gasteiger partial charge is 0.505 e. The van der Waals surface area contributed by atoms with Gasteiger partial charge in [0.2, 0.25) is 5.91 Å². The molecule has 0 radical (unpaired) electrons. The maximum atomic E-state index is 12.3. The molecule has 0 aromatic heterocycles. The lowest BCUT2D eigenvalue weighted by Crippen LogP contribution is -2.16. The maximum Gasteiger partial charge on any atom is 0.225 e. The number of aryl methyl sites for hydroxylation is 2. The molecule has 1 atom stereocenters. The van der Waals surface area contributed by atoms with E-state index in [4.69, 9.17) is 23.2 Å². The number of halogens is 2. The van der Waals surface area contributed by atoms with Crippen molar-refractivity contribution in [1.29, 1.82) is 0 Å². The van der Waals surface area contributed by atoms with Crippen LogP contribution in [0.5, 0.6) is 5.75 Å². The highest BCUT2D eigenvalue weighted by molar-refractivity contribution is 7.85. The van der Waals surface area contributed by atoms with E-state index in [1.807, 2.05) is 32.0 Å². The number of hydrogen-bond acceptors (Lipinski definition) is 3. The first-order valence-electron chi connectivity index (χ1n) is 7.22. The van der Waals surface area contributed by atoms with Crippen molar-refractivity contribution >= 4 is 45.6 Å². The van der Waals surface area contributed by atoms with Gasteiger partial charge in [-0.2, -0.15) is 0 Å². The van der Waals surface area contributed by atoms with E-state index in [0.29, 0.717) is 4.90 Å². The molecule has 24 heavy (non-hydrogen) atoms. The molecule has 0 heterocycles. The molecule has 2 aromatic rings. The molecule has 0 aliphatic heterocycles. The van der Waals surface area contributed by atoms with E-state index in [9.17, 15) is 14.1 Å². The molecule has 2 rings (SSSR count). The number of nitrogens with one attached hydrogen (secondary N) is 1. The van der Waals surface area contributed by atoms with Gasteiger partial charge in [-0.05, 0) is 37.1 Å². The highest BCUT2D eigenvalue weighted by Crippen LogP contribution is 2.33. The Hall–Kier alpha value is -1.56. The Labute approximate surface area is 153 Å². The quantitative estimate of drug-likeness (QED) is 0.798. The predicted molar refractivity (Wildman–Crippen MR) is 98.6 cm³/mol. The van der Waals surface area contributed by atoms with Gasteiger partial charge in [0, 0.05) is 22.8 Å². The molecule has 2 aromatic carbocycles. The zero-order valence-electron chi connectivity index (χ0n) is 13.2. The number of phenols is 1. The summed E-state index contributed by atoms with van der Waals surface area (Å²) >= 11 is 11.6. The minimum absolute atomic E-state index is 0.0332. The van der Waals surface area contributed by atoms with Gasteiger partial charge in [0.15, 0.2) is 5.75 Å². The van der Waals surface area contributed by atoms with Crippen LogP contribution in [-0.4, -0.2) is 21.0 Å². The Kier molecular flexibility index (Phi) is 6.27. The van der Waals surface area contributed by atoms with Crippen molar-refractivity contribution < 1.29 is 14.1 Å². The third-order valence-corrected chi connectivity index (χ3v) is 5.43. The van der Waals surface area contributed by atoms with Gasteiger partial charge in [-0.25, -0.2) is 0 Å². The Bertz CT molecular complexity index is 765. The minimum atomic E-state index is -1.44. The Morgan fingerprint density at radius 1 is 1.17 bits per heavy atom. The summed E-state index contributed by atoms with van der Waals surface area (Å²) in [5.74, 6) is -0.322. The second kappa shape index (κ2) is 8.01. The molecular formula is C17H17Cl2NO3S. The predicted octanol–water partition coefficient (Wildman–Crippen LogP) is 4.45. The van der Waals surface area contributed by atoms with E-state index in [1.165, 1.54) is 12.1 Å². The fraction of sp³-hybridized carbons (Fsp3) is 0.235. The number of benzene rings is 2. The molecule has 0 aliphatic carbocycles. The average Bonchev–Trinajstić information content (AvgIpc) is 2.53. The first kappa shape index (κ1) is 18.8. The molecule has 0 bridgehead atoms. The molecule has 2 N–H and O–H groups in total. The second-order valence-corrected chi connectivity index (χ2v) is 7.74. The van der Waals surface area contributed by atoms with Crippen molar-refractivity contribution in [1.82, 2.24) is 0 Å². The van der Waals surface area contributed by atoms with Crippen molar-refractivity contribution in [2.75, 3.05) is 11.1 Å². The van der Waals surface area contributed by atoms with E-state index in [1.54, 1.807) is 0 Å². The average molecular weight is 386 g/mol. The van der Waals surface area contributed by atoms with Crippen LogP contribution in [0, 0.1) is 13.8 Å². The van der Waals surface area contributed by atoms with Crippen LogP contribution in [0.4, 0.5) is 5.69 Å². The normalized spacial score (nSPS) is 12.0. The standard InChI is InChI=1S/C17H17Cl2NO3S/c1-10-4-3-5-11(2)16(10)20-15(21)6-7-24(23)12-8-13(18)17(22)14(19)9-12/h3-5,8-9,22H,6-7H2,1-2H3,(H,20,21). The summed E-state index contributed by atoms with van der Waals surface area (Å²) in [6.45, 7) is 3.84. The van der Waals surface area contributed by atoms with Crippen LogP contribution < -0.4 is 5.32 Å². The lowest BCUT2D eigenvalue weighted by Gasteiger charge is -2.11. The topological polar surface area (TPSA) is 66.4 Å². The highest BCUT2D eigenvalue weighted by atomic mass is 35.5. The molecule has 0 aliphatic rings. The van der Waals surface area contributed by atoms with Crippen LogP contribution in [0.15, 0.2) is 35.2 Å². The van der Waals surface area contributed by atoms with Gasteiger partial charge >= 0.3 is 0 Å². The SMILES string of the molecule is Cc1cccc(C)c1NC(=O)CCS(=O)c1cc(Cl)c(O)c(Cl)c1. The monoisotopic (exact) mass is 385 g/mol. The molecule has 7 heteroatoms. The number of anilines is 1. The van der Waals surface area contributed by atoms with E-state index in [0.717, 1.165) is 16.8 Å². The number of rotatable bonds is 5. The summed E-state index contributed by atoms with van der Waals surface area (Å²) < 4.78 is 12.3. The molecule has 4 nitrogen and oxygen atoms in total. The van der Waals surface area contributed by atoms with Gasteiger partial charge in [-0.1, -0.05) is 41.4 Å². The summed E-state index contributed by atoms with van der Waals surface area (Å²) in [6.07, 6.45) is 0.0937. The fourth-order valence-corrected chi connectivity index (χ4v) is 3.91. The number of carbonyl (C=O) groups excluding carboxylic acids is 1. The smallest absolute Gasteiger partial charge is 0.225 e. The van der Waals surface area contributed by atoms with E-state index in [-0.39, 0.29) is 33.9 Å². The van der Waals surface area contributed by atoms with E-state index >= 15 is 0 Å². The van der Waals surface area contributed by atoms with Crippen LogP contribution in [0.2, 0.25) is 10.0 Å². The highest BCUT2D eigenvalue weighted by Gasteiger charge is 2.14. The Balaban J connectivity index is 2.00. The number of hydrogen-bond donors (Lipinski definition) is 2. The fourth-order valence-electron chi connectivity index (χ4n) is 2.19. The van der Waals surface area contributed by atoms with Crippen LogP contribution in [0.1, 0.15) is 17.5 Å². The molecular weight excluding hydrogens is 369 g/mol. The molecule has 0 saturated carbocycles. The Morgan fingerprint density at radius 2 is 1.71 bits per heavy atom. The first-order valence-corrected chi connectivity index (χ1v) is 9.29. The summed E-state index contributed by atoms with van der Waals surface area (Å²) in [6, 6.07) is 8.54. The third kappa shape index (κ3) is 4.50. The van der Waals surface area contributed by atoms with Crippen LogP contribution >= 0.6 is 23.2 Å². The Morgan fingerprint density at radius 3 is 2.25 bits per heavy atom. The van der Waals surface area contributed by atoms with Gasteiger partial charge in [-0.15, -0.1) is 0 Å². The van der Waals surface area contributed by atoms with Gasteiger partial charge in [0.1, 0.15) is 0 Å². The number of para-hydroxylation sites is 1. The summed E-state index contributed by atoms with van der Waals surface area (Å²) in [5, 5.41) is 12.4. The zero-order valence-corrected chi connectivity index (χ0v) is 15.6. The molecule has 0 spiro atoms. The van der Waals surface area contributed by atoms with Crippen molar-refractivity contribution in [3.63, 3.8) is 0 Å². The maximum absolute atomic E-state index is 12.3. The lowest BCUT2D eigenvalue weighted by atomic mass is 10.1. The second-order valence-electron chi connectivity index (χ2n) is 5.35. The van der Waals surface area contributed by atoms with E-state index < -0.39 is 10.8 Å². The van der Waals surface area contributed by atoms with Gasteiger partial charge < -0.3 is 10.4 Å². The number of carbonyl (C=O) groups is 1. The third-order valence-electron chi connectivity index (χ3n) is 3.51. The zero-order chi connectivity index (χ0) is 17.9.